The van der Waals surface area contributed by atoms with Crippen molar-refractivity contribution in [3.63, 3.8) is 0 Å². The summed E-state index contributed by atoms with van der Waals surface area (Å²) in [6.45, 7) is 8.94. The molecule has 128 valence electrons. The summed E-state index contributed by atoms with van der Waals surface area (Å²) in [5.74, 6) is -0.203. The lowest BCUT2D eigenvalue weighted by molar-refractivity contribution is 0.0600. The van der Waals surface area contributed by atoms with Gasteiger partial charge in [-0.1, -0.05) is 19.1 Å². The lowest BCUT2D eigenvalue weighted by atomic mass is 9.82. The zero-order valence-corrected chi connectivity index (χ0v) is 15.2. The van der Waals surface area contributed by atoms with Gasteiger partial charge in [-0.25, -0.2) is 13.7 Å². The number of ether oxygens (including phenoxy) is 2. The molecule has 5 nitrogen and oxygen atoms in total. The minimum atomic E-state index is -1.23. The first kappa shape index (κ1) is 18.1. The number of methoxy groups -OCH3 is 1. The second-order valence-corrected chi connectivity index (χ2v) is 8.91. The van der Waals surface area contributed by atoms with Crippen LogP contribution in [0.4, 0.5) is 0 Å². The highest BCUT2D eigenvalue weighted by molar-refractivity contribution is 7.84. The molecule has 3 atom stereocenters. The Bertz CT molecular complexity index is 594. The van der Waals surface area contributed by atoms with E-state index in [4.69, 9.17) is 9.47 Å². The smallest absolute Gasteiger partial charge is 0.337 e. The van der Waals surface area contributed by atoms with Gasteiger partial charge in [0.1, 0.15) is 0 Å². The maximum atomic E-state index is 12.6. The SMILES string of the molecule is COC(=O)c1ccc(C2(NS(=O)C(C)(C)C)COCC2C)cc1. The first-order valence-corrected chi connectivity index (χ1v) is 8.82. The third-order valence-electron chi connectivity index (χ3n) is 4.19. The second-order valence-electron chi connectivity index (χ2n) is 6.94. The maximum absolute atomic E-state index is 12.6. The Balaban J connectivity index is 2.36. The van der Waals surface area contributed by atoms with Crippen LogP contribution < -0.4 is 4.72 Å². The largest absolute Gasteiger partial charge is 0.465 e. The van der Waals surface area contributed by atoms with Crippen molar-refractivity contribution in [3.05, 3.63) is 35.4 Å². The number of hydrogen-bond acceptors (Lipinski definition) is 4. The van der Waals surface area contributed by atoms with E-state index in [1.54, 1.807) is 12.1 Å². The molecule has 0 spiro atoms. The fourth-order valence-electron chi connectivity index (χ4n) is 2.58. The summed E-state index contributed by atoms with van der Waals surface area (Å²) < 4.78 is 25.9. The molecule has 1 saturated heterocycles. The van der Waals surface area contributed by atoms with Crippen LogP contribution in [-0.4, -0.2) is 35.2 Å². The van der Waals surface area contributed by atoms with Crippen LogP contribution in [0.1, 0.15) is 43.6 Å². The maximum Gasteiger partial charge on any atom is 0.337 e. The molecule has 6 heteroatoms. The van der Waals surface area contributed by atoms with Crippen LogP contribution in [0, 0.1) is 5.92 Å². The molecule has 1 aromatic carbocycles. The zero-order valence-electron chi connectivity index (χ0n) is 14.3. The molecule has 23 heavy (non-hydrogen) atoms. The Labute approximate surface area is 140 Å². The van der Waals surface area contributed by atoms with Gasteiger partial charge in [-0.3, -0.25) is 0 Å². The molecule has 1 aliphatic heterocycles. The van der Waals surface area contributed by atoms with Gasteiger partial charge in [0.25, 0.3) is 0 Å². The van der Waals surface area contributed by atoms with Crippen molar-refractivity contribution >= 4 is 17.0 Å². The molecule has 0 amide bonds. The van der Waals surface area contributed by atoms with E-state index in [1.807, 2.05) is 32.9 Å². The summed E-state index contributed by atoms with van der Waals surface area (Å²) in [7, 11) is 0.135. The van der Waals surface area contributed by atoms with E-state index in [0.29, 0.717) is 18.8 Å². The van der Waals surface area contributed by atoms with E-state index in [1.165, 1.54) is 7.11 Å². The topological polar surface area (TPSA) is 64.6 Å². The molecule has 0 bridgehead atoms. The van der Waals surface area contributed by atoms with Crippen LogP contribution in [0.2, 0.25) is 0 Å². The molecule has 1 fully saturated rings. The van der Waals surface area contributed by atoms with Gasteiger partial charge in [-0.05, 0) is 38.5 Å². The highest BCUT2D eigenvalue weighted by atomic mass is 32.2. The van der Waals surface area contributed by atoms with Crippen LogP contribution in [0.5, 0.6) is 0 Å². The third-order valence-corrected chi connectivity index (χ3v) is 5.85. The Hall–Kier alpha value is -1.24. The fourth-order valence-corrected chi connectivity index (χ4v) is 3.59. The van der Waals surface area contributed by atoms with Crippen molar-refractivity contribution in [2.75, 3.05) is 20.3 Å². The lowest BCUT2D eigenvalue weighted by Gasteiger charge is -2.35. The van der Waals surface area contributed by atoms with Gasteiger partial charge in [0.2, 0.25) is 0 Å². The molecule has 0 aromatic heterocycles. The molecule has 1 N–H and O–H groups in total. The molecule has 0 radical (unpaired) electrons. The summed E-state index contributed by atoms with van der Waals surface area (Å²) in [6, 6.07) is 7.22. The first-order valence-electron chi connectivity index (χ1n) is 7.67. The van der Waals surface area contributed by atoms with Gasteiger partial charge in [0.05, 0.1) is 47.2 Å². The van der Waals surface area contributed by atoms with Crippen molar-refractivity contribution in [3.8, 4) is 0 Å². The first-order chi connectivity index (χ1) is 10.7. The minimum absolute atomic E-state index is 0.165. The fraction of sp³-hybridized carbons (Fsp3) is 0.588. The Morgan fingerprint density at radius 1 is 1.35 bits per heavy atom. The molecule has 0 saturated carbocycles. The average Bonchev–Trinajstić information content (AvgIpc) is 2.87. The summed E-state index contributed by atoms with van der Waals surface area (Å²) >= 11 is 0. The van der Waals surface area contributed by atoms with Crippen molar-refractivity contribution in [2.24, 2.45) is 5.92 Å². The van der Waals surface area contributed by atoms with Gasteiger partial charge in [0.15, 0.2) is 0 Å². The van der Waals surface area contributed by atoms with Crippen LogP contribution in [-0.2, 0) is 26.0 Å². The van der Waals surface area contributed by atoms with Crippen molar-refractivity contribution < 1.29 is 18.5 Å². The van der Waals surface area contributed by atoms with Crippen molar-refractivity contribution in [2.45, 2.75) is 38.0 Å². The molecule has 1 aliphatic rings. The number of rotatable bonds is 4. The molecule has 1 heterocycles. The van der Waals surface area contributed by atoms with Crippen LogP contribution in [0.15, 0.2) is 24.3 Å². The van der Waals surface area contributed by atoms with Crippen LogP contribution >= 0.6 is 0 Å². The Morgan fingerprint density at radius 3 is 2.39 bits per heavy atom. The monoisotopic (exact) mass is 339 g/mol. The number of carbonyl (C=O) groups excluding carboxylic acids is 1. The molecule has 1 aromatic rings. The number of esters is 1. The predicted octanol–water partition coefficient (Wildman–Crippen LogP) is 2.39. The summed E-state index contributed by atoms with van der Waals surface area (Å²) in [5.41, 5.74) is 0.940. The van der Waals surface area contributed by atoms with Crippen LogP contribution in [0.25, 0.3) is 0 Å². The lowest BCUT2D eigenvalue weighted by Crippen LogP contribution is -2.51. The molecular weight excluding hydrogens is 314 g/mol. The summed E-state index contributed by atoms with van der Waals surface area (Å²) in [4.78, 5) is 11.6. The van der Waals surface area contributed by atoms with Gasteiger partial charge in [0, 0.05) is 5.92 Å². The normalized spacial score (nSPS) is 26.0. The van der Waals surface area contributed by atoms with Gasteiger partial charge >= 0.3 is 5.97 Å². The Kier molecular flexibility index (Phi) is 5.28. The summed E-state index contributed by atoms with van der Waals surface area (Å²) in [5, 5.41) is 0. The van der Waals surface area contributed by atoms with Gasteiger partial charge < -0.3 is 9.47 Å². The van der Waals surface area contributed by atoms with Crippen molar-refractivity contribution in [1.82, 2.24) is 4.72 Å². The van der Waals surface area contributed by atoms with Gasteiger partial charge in [-0.2, -0.15) is 0 Å². The number of nitrogens with one attached hydrogen (secondary N) is 1. The van der Waals surface area contributed by atoms with Gasteiger partial charge in [-0.15, -0.1) is 0 Å². The number of carbonyl (C=O) groups is 1. The number of benzene rings is 1. The summed E-state index contributed by atoms with van der Waals surface area (Å²) in [6.07, 6.45) is 0. The average molecular weight is 339 g/mol. The minimum Gasteiger partial charge on any atom is -0.465 e. The van der Waals surface area contributed by atoms with E-state index in [9.17, 15) is 9.00 Å². The van der Waals surface area contributed by atoms with E-state index in [0.717, 1.165) is 5.56 Å². The molecule has 3 unspecified atom stereocenters. The highest BCUT2D eigenvalue weighted by Crippen LogP contribution is 2.36. The number of hydrogen-bond donors (Lipinski definition) is 1. The zero-order chi connectivity index (χ0) is 17.3. The Morgan fingerprint density at radius 2 is 1.96 bits per heavy atom. The third kappa shape index (κ3) is 3.65. The van der Waals surface area contributed by atoms with Crippen LogP contribution in [0.3, 0.4) is 0 Å². The van der Waals surface area contributed by atoms with Crippen molar-refractivity contribution in [1.29, 1.82) is 0 Å². The highest BCUT2D eigenvalue weighted by Gasteiger charge is 2.45. The predicted molar refractivity (Wildman–Crippen MR) is 90.5 cm³/mol. The molecular formula is C17H25NO4S. The van der Waals surface area contributed by atoms with E-state index in [-0.39, 0.29) is 16.6 Å². The second kappa shape index (κ2) is 6.71. The van der Waals surface area contributed by atoms with E-state index < -0.39 is 16.5 Å². The molecule has 0 aliphatic carbocycles. The molecule has 2 rings (SSSR count). The van der Waals surface area contributed by atoms with E-state index in [2.05, 4.69) is 11.6 Å². The quantitative estimate of drug-likeness (QED) is 0.856. The standard InChI is InChI=1S/C17H25NO4S/c1-12-10-22-11-17(12,18-23(20)16(2,3)4)14-8-6-13(7-9-14)15(19)21-5/h6-9,12,18H,10-11H2,1-5H3. The van der Waals surface area contributed by atoms with E-state index >= 15 is 0 Å².